The Balaban J connectivity index is 1.39. The second-order valence-corrected chi connectivity index (χ2v) is 11.5. The Morgan fingerprint density at radius 1 is 1.07 bits per heavy atom. The quantitative estimate of drug-likeness (QED) is 0.358. The molecule has 7 nitrogen and oxygen atoms in total. The Bertz CT molecular complexity index is 1410. The van der Waals surface area contributed by atoms with Gasteiger partial charge in [-0.15, -0.1) is 5.10 Å². The van der Waals surface area contributed by atoms with Crippen molar-refractivity contribution in [3.05, 3.63) is 76.9 Å². The van der Waals surface area contributed by atoms with Crippen molar-refractivity contribution in [2.45, 2.75) is 50.3 Å². The summed E-state index contributed by atoms with van der Waals surface area (Å²) in [6, 6.07) is 11.9. The molecule has 6 rings (SSSR count). The average Bonchev–Trinajstić information content (AvgIpc) is 3.69. The Hall–Kier alpha value is -3.15. The molecule has 0 N–H and O–H groups in total. The molecule has 0 amide bonds. The second kappa shape index (κ2) is 10.9. The van der Waals surface area contributed by atoms with E-state index in [9.17, 15) is 17.6 Å². The number of alkyl halides is 3. The van der Waals surface area contributed by atoms with Crippen LogP contribution < -0.4 is 0 Å². The van der Waals surface area contributed by atoms with Crippen LogP contribution in [0.4, 0.5) is 17.6 Å². The summed E-state index contributed by atoms with van der Waals surface area (Å²) in [7, 11) is 0. The number of hydrogen-bond acceptors (Lipinski definition) is 6. The molecule has 218 valence electrons. The smallest absolute Gasteiger partial charge is 0.379 e. The van der Waals surface area contributed by atoms with Crippen molar-refractivity contribution in [3.63, 3.8) is 0 Å². The molecule has 3 heterocycles. The third-order valence-corrected chi connectivity index (χ3v) is 8.62. The lowest BCUT2D eigenvalue weighted by Gasteiger charge is -2.36. The first-order chi connectivity index (χ1) is 19.6. The lowest BCUT2D eigenvalue weighted by atomic mass is 9.79. The number of morpholine rings is 1. The van der Waals surface area contributed by atoms with Crippen LogP contribution in [0.3, 0.4) is 0 Å². The predicted octanol–water partition coefficient (Wildman–Crippen LogP) is 5.62. The van der Waals surface area contributed by atoms with Gasteiger partial charge in [-0.3, -0.25) is 4.90 Å². The zero-order chi connectivity index (χ0) is 28.8. The molecule has 3 atom stereocenters. The van der Waals surface area contributed by atoms with E-state index in [1.165, 1.54) is 12.1 Å². The topological polar surface area (TPSA) is 65.3 Å². The molecule has 3 aromatic rings. The highest BCUT2D eigenvalue weighted by Gasteiger charge is 2.51. The fourth-order valence-electron chi connectivity index (χ4n) is 6.73. The van der Waals surface area contributed by atoms with E-state index in [2.05, 4.69) is 40.3 Å². The van der Waals surface area contributed by atoms with Gasteiger partial charge >= 0.3 is 6.18 Å². The SMILES string of the molecule is CC(C)c1ccc(-n2nnnc2C(F)(F)F)cc1C1=C[C@@]2(CCC(CN3CCOCC3)C2c2ccc(F)cc2)OC1. The van der Waals surface area contributed by atoms with Gasteiger partial charge in [0.1, 0.15) is 5.82 Å². The largest absolute Gasteiger partial charge is 0.453 e. The number of benzene rings is 2. The Morgan fingerprint density at radius 2 is 1.83 bits per heavy atom. The fraction of sp³-hybridized carbons (Fsp3) is 0.500. The van der Waals surface area contributed by atoms with Gasteiger partial charge in [0, 0.05) is 25.6 Å². The molecule has 2 fully saturated rings. The molecule has 2 aromatic carbocycles. The number of aromatic nitrogens is 4. The summed E-state index contributed by atoms with van der Waals surface area (Å²) in [6.07, 6.45) is -0.771. The van der Waals surface area contributed by atoms with Gasteiger partial charge in [-0.2, -0.15) is 17.9 Å². The van der Waals surface area contributed by atoms with Crippen molar-refractivity contribution in [2.75, 3.05) is 39.5 Å². The van der Waals surface area contributed by atoms with Gasteiger partial charge in [-0.1, -0.05) is 32.0 Å². The molecule has 11 heteroatoms. The van der Waals surface area contributed by atoms with E-state index in [-0.39, 0.29) is 23.3 Å². The van der Waals surface area contributed by atoms with Crippen LogP contribution in [0.1, 0.15) is 61.0 Å². The van der Waals surface area contributed by atoms with Crippen LogP contribution in [0.15, 0.2) is 48.5 Å². The first-order valence-electron chi connectivity index (χ1n) is 14.1. The number of nitrogens with zero attached hydrogens (tertiary/aromatic N) is 5. The molecule has 2 aliphatic heterocycles. The highest BCUT2D eigenvalue weighted by atomic mass is 19.4. The standard InChI is InChI=1S/C30H33F4N5O2/c1-19(2)25-8-7-24(39-28(30(32,33)34)35-36-37-39)15-26(25)22-16-29(41-18-22)10-9-21(17-38-11-13-40-14-12-38)27(29)20-3-5-23(31)6-4-20/h3-8,15-16,19,21,27H,9-14,17-18H2,1-2H3/t21?,27?,29-/m1/s1. The minimum atomic E-state index is -4.69. The lowest BCUT2D eigenvalue weighted by Crippen LogP contribution is -2.41. The van der Waals surface area contributed by atoms with E-state index < -0.39 is 17.6 Å². The van der Waals surface area contributed by atoms with Gasteiger partial charge < -0.3 is 9.47 Å². The summed E-state index contributed by atoms with van der Waals surface area (Å²) in [5.74, 6) is -1.04. The molecule has 1 saturated carbocycles. The van der Waals surface area contributed by atoms with E-state index in [4.69, 9.17) is 9.47 Å². The molecule has 0 bridgehead atoms. The Labute approximate surface area is 236 Å². The molecular formula is C30H33F4N5O2. The minimum absolute atomic E-state index is 0.00507. The zero-order valence-electron chi connectivity index (χ0n) is 23.1. The maximum absolute atomic E-state index is 13.9. The molecule has 3 aliphatic rings. The zero-order valence-corrected chi connectivity index (χ0v) is 23.1. The monoisotopic (exact) mass is 571 g/mol. The van der Waals surface area contributed by atoms with Crippen LogP contribution in [0.25, 0.3) is 11.3 Å². The highest BCUT2D eigenvalue weighted by Crippen LogP contribution is 2.54. The van der Waals surface area contributed by atoms with Crippen molar-refractivity contribution in [3.8, 4) is 5.69 Å². The summed E-state index contributed by atoms with van der Waals surface area (Å²) >= 11 is 0. The Kier molecular flexibility index (Phi) is 7.46. The van der Waals surface area contributed by atoms with Gasteiger partial charge in [0.05, 0.1) is 31.1 Å². The second-order valence-electron chi connectivity index (χ2n) is 11.5. The number of ether oxygens (including phenoxy) is 2. The fourth-order valence-corrected chi connectivity index (χ4v) is 6.73. The van der Waals surface area contributed by atoms with Crippen LogP contribution in [-0.4, -0.2) is 70.2 Å². The van der Waals surface area contributed by atoms with E-state index in [0.29, 0.717) is 25.7 Å². The third-order valence-electron chi connectivity index (χ3n) is 8.62. The van der Waals surface area contributed by atoms with E-state index >= 15 is 0 Å². The van der Waals surface area contributed by atoms with E-state index in [1.54, 1.807) is 12.1 Å². The normalized spacial score (nSPS) is 25.4. The molecule has 2 unspecified atom stereocenters. The number of hydrogen-bond donors (Lipinski definition) is 0. The number of rotatable bonds is 6. The summed E-state index contributed by atoms with van der Waals surface area (Å²) in [5.41, 5.74) is 3.42. The van der Waals surface area contributed by atoms with Gasteiger partial charge in [-0.05, 0) is 87.7 Å². The van der Waals surface area contributed by atoms with Crippen LogP contribution in [0.5, 0.6) is 0 Å². The van der Waals surface area contributed by atoms with Crippen molar-refractivity contribution < 1.29 is 27.0 Å². The van der Waals surface area contributed by atoms with Gasteiger partial charge in [0.25, 0.3) is 5.82 Å². The van der Waals surface area contributed by atoms with Gasteiger partial charge in [0.2, 0.25) is 0 Å². The summed E-state index contributed by atoms with van der Waals surface area (Å²) in [4.78, 5) is 2.42. The lowest BCUT2D eigenvalue weighted by molar-refractivity contribution is -0.146. The third kappa shape index (κ3) is 5.42. The summed E-state index contributed by atoms with van der Waals surface area (Å²) in [6.45, 7) is 8.51. The summed E-state index contributed by atoms with van der Waals surface area (Å²) in [5, 5.41) is 10.1. The van der Waals surface area contributed by atoms with Gasteiger partial charge in [0.15, 0.2) is 0 Å². The van der Waals surface area contributed by atoms with Crippen molar-refractivity contribution >= 4 is 5.57 Å². The van der Waals surface area contributed by atoms with Crippen LogP contribution in [-0.2, 0) is 15.7 Å². The number of tetrazole rings is 1. The molecule has 41 heavy (non-hydrogen) atoms. The average molecular weight is 572 g/mol. The maximum atomic E-state index is 13.9. The summed E-state index contributed by atoms with van der Waals surface area (Å²) < 4.78 is 67.6. The molecule has 1 saturated heterocycles. The number of halogens is 4. The molecule has 1 spiro atoms. The molecule has 0 radical (unpaired) electrons. The molecule has 1 aliphatic carbocycles. The van der Waals surface area contributed by atoms with Crippen LogP contribution in [0.2, 0.25) is 0 Å². The molecular weight excluding hydrogens is 538 g/mol. The van der Waals surface area contributed by atoms with Gasteiger partial charge in [-0.25, -0.2) is 4.39 Å². The first kappa shape index (κ1) is 28.0. The van der Waals surface area contributed by atoms with Crippen LogP contribution in [0, 0.1) is 11.7 Å². The predicted molar refractivity (Wildman–Crippen MR) is 144 cm³/mol. The highest BCUT2D eigenvalue weighted by molar-refractivity contribution is 5.74. The first-order valence-corrected chi connectivity index (χ1v) is 14.1. The van der Waals surface area contributed by atoms with Crippen molar-refractivity contribution in [1.82, 2.24) is 25.1 Å². The van der Waals surface area contributed by atoms with Crippen LogP contribution >= 0.6 is 0 Å². The van der Waals surface area contributed by atoms with Crippen molar-refractivity contribution in [1.29, 1.82) is 0 Å². The molecule has 1 aromatic heterocycles. The minimum Gasteiger partial charge on any atom is -0.379 e. The van der Waals surface area contributed by atoms with E-state index in [0.717, 1.165) is 59.4 Å². The van der Waals surface area contributed by atoms with E-state index in [1.807, 2.05) is 18.2 Å². The van der Waals surface area contributed by atoms with Crippen molar-refractivity contribution in [2.24, 2.45) is 5.92 Å². The Morgan fingerprint density at radius 3 is 2.54 bits per heavy atom. The maximum Gasteiger partial charge on any atom is 0.453 e.